The van der Waals surface area contributed by atoms with Gasteiger partial charge in [-0.1, -0.05) is 18.2 Å². The van der Waals surface area contributed by atoms with Gasteiger partial charge < -0.3 is 0 Å². The number of rotatable bonds is 3. The summed E-state index contributed by atoms with van der Waals surface area (Å²) in [5.74, 6) is -0.103. The molecule has 0 heterocycles. The summed E-state index contributed by atoms with van der Waals surface area (Å²) in [4.78, 5) is 10.8. The molecule has 0 amide bonds. The molecule has 0 aliphatic heterocycles. The van der Waals surface area contributed by atoms with Crippen LogP contribution in [0, 0.1) is 0 Å². The fraction of sp³-hybridized carbons (Fsp3) is 0.182. The van der Waals surface area contributed by atoms with Gasteiger partial charge in [-0.15, -0.1) is 0 Å². The highest BCUT2D eigenvalue weighted by molar-refractivity contribution is 8.00. The molecule has 0 aromatic heterocycles. The van der Waals surface area contributed by atoms with Crippen LogP contribution >= 0.6 is 11.8 Å². The van der Waals surface area contributed by atoms with Crippen molar-refractivity contribution in [3.63, 3.8) is 0 Å². The van der Waals surface area contributed by atoms with E-state index < -0.39 is 5.51 Å². The lowest BCUT2D eigenvalue weighted by Crippen LogP contribution is -1.98. The van der Waals surface area contributed by atoms with Crippen LogP contribution in [0.2, 0.25) is 0 Å². The van der Waals surface area contributed by atoms with Gasteiger partial charge in [0.25, 0.3) is 0 Å². The first-order valence-corrected chi connectivity index (χ1v) is 5.23. The maximum atomic E-state index is 12.0. The van der Waals surface area contributed by atoms with E-state index in [2.05, 4.69) is 0 Å². The van der Waals surface area contributed by atoms with Crippen LogP contribution in [-0.2, 0) is 4.79 Å². The maximum absolute atomic E-state index is 12.0. The third-order valence-corrected chi connectivity index (χ3v) is 2.36. The molecule has 0 radical (unpaired) electrons. The maximum Gasteiger partial charge on any atom is 0.446 e. The van der Waals surface area contributed by atoms with E-state index in [1.165, 1.54) is 37.3 Å². The SMILES string of the molecule is CC(=O)C=Cc1ccc(SC(F)(F)F)cc1. The highest BCUT2D eigenvalue weighted by atomic mass is 32.2. The van der Waals surface area contributed by atoms with Crippen LogP contribution in [0.4, 0.5) is 13.2 Å². The number of carbonyl (C=O) groups is 1. The Morgan fingerprint density at radius 2 is 1.81 bits per heavy atom. The highest BCUT2D eigenvalue weighted by Crippen LogP contribution is 2.36. The summed E-state index contributed by atoms with van der Waals surface area (Å²) in [6.07, 6.45) is 2.93. The van der Waals surface area contributed by atoms with E-state index in [0.29, 0.717) is 5.56 Å². The van der Waals surface area contributed by atoms with Gasteiger partial charge in [0.05, 0.1) is 0 Å². The largest absolute Gasteiger partial charge is 0.446 e. The van der Waals surface area contributed by atoms with Crippen molar-refractivity contribution in [1.29, 1.82) is 0 Å². The van der Waals surface area contributed by atoms with E-state index in [1.54, 1.807) is 6.08 Å². The average molecular weight is 246 g/mol. The first kappa shape index (κ1) is 12.8. The Balaban J connectivity index is 2.72. The number of alkyl halides is 3. The van der Waals surface area contributed by atoms with Crippen LogP contribution in [0.5, 0.6) is 0 Å². The zero-order chi connectivity index (χ0) is 12.2. The first-order valence-electron chi connectivity index (χ1n) is 4.41. The highest BCUT2D eigenvalue weighted by Gasteiger charge is 2.28. The Morgan fingerprint density at radius 3 is 2.25 bits per heavy atom. The van der Waals surface area contributed by atoms with Crippen molar-refractivity contribution in [2.45, 2.75) is 17.3 Å². The monoisotopic (exact) mass is 246 g/mol. The Morgan fingerprint density at radius 1 is 1.25 bits per heavy atom. The van der Waals surface area contributed by atoms with Crippen LogP contribution in [0.25, 0.3) is 6.08 Å². The van der Waals surface area contributed by atoms with Crippen LogP contribution in [0.15, 0.2) is 35.2 Å². The summed E-state index contributed by atoms with van der Waals surface area (Å²) in [6, 6.07) is 5.82. The number of carbonyl (C=O) groups excluding carboxylic acids is 1. The molecule has 0 N–H and O–H groups in total. The van der Waals surface area contributed by atoms with Gasteiger partial charge in [0.1, 0.15) is 0 Å². The smallest absolute Gasteiger partial charge is 0.295 e. The molecule has 0 saturated carbocycles. The summed E-state index contributed by atoms with van der Waals surface area (Å²) < 4.78 is 36.0. The molecule has 86 valence electrons. The molecule has 0 saturated heterocycles. The molecule has 1 nitrogen and oxygen atoms in total. The summed E-state index contributed by atoms with van der Waals surface area (Å²) in [7, 11) is 0. The van der Waals surface area contributed by atoms with Gasteiger partial charge in [0.2, 0.25) is 0 Å². The van der Waals surface area contributed by atoms with E-state index in [4.69, 9.17) is 0 Å². The first-order chi connectivity index (χ1) is 7.37. The Hall–Kier alpha value is -1.23. The van der Waals surface area contributed by atoms with Crippen molar-refractivity contribution in [3.05, 3.63) is 35.9 Å². The second kappa shape index (κ2) is 5.21. The van der Waals surface area contributed by atoms with Crippen molar-refractivity contribution in [2.24, 2.45) is 0 Å². The van der Waals surface area contributed by atoms with Gasteiger partial charge in [0, 0.05) is 4.90 Å². The number of hydrogen-bond donors (Lipinski definition) is 0. The minimum absolute atomic E-state index is 0.103. The van der Waals surface area contributed by atoms with Crippen molar-refractivity contribution in [2.75, 3.05) is 0 Å². The van der Waals surface area contributed by atoms with Crippen LogP contribution < -0.4 is 0 Å². The van der Waals surface area contributed by atoms with Crippen LogP contribution in [0.3, 0.4) is 0 Å². The van der Waals surface area contributed by atoms with E-state index >= 15 is 0 Å². The predicted molar refractivity (Wildman–Crippen MR) is 58.1 cm³/mol. The van der Waals surface area contributed by atoms with Gasteiger partial charge in [0.15, 0.2) is 5.78 Å². The van der Waals surface area contributed by atoms with Gasteiger partial charge in [-0.3, -0.25) is 4.79 Å². The summed E-state index contributed by atoms with van der Waals surface area (Å²) in [5.41, 5.74) is -3.57. The van der Waals surface area contributed by atoms with Crippen molar-refractivity contribution in [3.8, 4) is 0 Å². The summed E-state index contributed by atoms with van der Waals surface area (Å²) >= 11 is -0.157. The predicted octanol–water partition coefficient (Wildman–Crippen LogP) is 3.90. The van der Waals surface area contributed by atoms with E-state index in [9.17, 15) is 18.0 Å². The number of thioether (sulfide) groups is 1. The summed E-state index contributed by atoms with van der Waals surface area (Å²) in [5, 5.41) is 0. The number of allylic oxidation sites excluding steroid dienone is 1. The van der Waals surface area contributed by atoms with E-state index in [0.717, 1.165) is 0 Å². The lowest BCUT2D eigenvalue weighted by molar-refractivity contribution is -0.112. The zero-order valence-electron chi connectivity index (χ0n) is 8.41. The Kier molecular flexibility index (Phi) is 4.18. The molecule has 0 aliphatic rings. The minimum Gasteiger partial charge on any atom is -0.295 e. The van der Waals surface area contributed by atoms with Gasteiger partial charge in [-0.2, -0.15) is 13.2 Å². The minimum atomic E-state index is -4.27. The van der Waals surface area contributed by atoms with E-state index in [-0.39, 0.29) is 22.4 Å². The number of halogens is 3. The van der Waals surface area contributed by atoms with Gasteiger partial charge >= 0.3 is 5.51 Å². The second-order valence-electron chi connectivity index (χ2n) is 3.06. The number of hydrogen-bond acceptors (Lipinski definition) is 2. The van der Waals surface area contributed by atoms with Gasteiger partial charge in [-0.25, -0.2) is 0 Å². The molecule has 16 heavy (non-hydrogen) atoms. The third-order valence-electron chi connectivity index (χ3n) is 1.62. The molecule has 1 aromatic carbocycles. The van der Waals surface area contributed by atoms with Crippen molar-refractivity contribution in [1.82, 2.24) is 0 Å². The molecule has 0 unspecified atom stereocenters. The molecule has 0 atom stereocenters. The fourth-order valence-corrected chi connectivity index (χ4v) is 1.53. The molecule has 0 fully saturated rings. The molecule has 1 aromatic rings. The Labute approximate surface area is 95.3 Å². The quantitative estimate of drug-likeness (QED) is 0.594. The average Bonchev–Trinajstić information content (AvgIpc) is 2.14. The molecule has 5 heteroatoms. The molecule has 1 rings (SSSR count). The topological polar surface area (TPSA) is 17.1 Å². The molecule has 0 spiro atoms. The zero-order valence-corrected chi connectivity index (χ0v) is 9.23. The standard InChI is InChI=1S/C11H9F3OS/c1-8(15)2-3-9-4-6-10(7-5-9)16-11(12,13)14/h2-7H,1H3. The third kappa shape index (κ3) is 5.02. The normalized spacial score (nSPS) is 12.0. The lowest BCUT2D eigenvalue weighted by atomic mass is 10.2. The summed E-state index contributed by atoms with van der Waals surface area (Å²) in [6.45, 7) is 1.41. The van der Waals surface area contributed by atoms with E-state index in [1.807, 2.05) is 0 Å². The molecule has 0 bridgehead atoms. The fourth-order valence-electron chi connectivity index (χ4n) is 0.994. The van der Waals surface area contributed by atoms with Crippen molar-refractivity contribution >= 4 is 23.6 Å². The number of benzene rings is 1. The number of ketones is 1. The van der Waals surface area contributed by atoms with Crippen LogP contribution in [-0.4, -0.2) is 11.3 Å². The molecular formula is C11H9F3OS. The van der Waals surface area contributed by atoms with Crippen LogP contribution in [0.1, 0.15) is 12.5 Å². The van der Waals surface area contributed by atoms with Crippen molar-refractivity contribution < 1.29 is 18.0 Å². The molecular weight excluding hydrogens is 237 g/mol. The lowest BCUT2D eigenvalue weighted by Gasteiger charge is -2.05. The Bertz CT molecular complexity index is 393. The van der Waals surface area contributed by atoms with Gasteiger partial charge in [-0.05, 0) is 42.5 Å². The molecule has 0 aliphatic carbocycles. The second-order valence-corrected chi connectivity index (χ2v) is 4.20.